The van der Waals surface area contributed by atoms with Gasteiger partial charge in [-0.05, 0) is 68.5 Å². The van der Waals surface area contributed by atoms with Crippen LogP contribution in [-0.4, -0.2) is 126 Å². The number of aromatic amines is 1. The number of amidine groups is 1. The number of nitrogens with one attached hydrogen (secondary N) is 1. The molecule has 4 fully saturated rings. The zero-order chi connectivity index (χ0) is 30.9. The number of rotatable bonds is 6. The molecule has 8 rings (SSSR count). The summed E-state index contributed by atoms with van der Waals surface area (Å²) >= 11 is 0. The molecule has 6 aliphatic rings. The van der Waals surface area contributed by atoms with Crippen LogP contribution in [0.25, 0.3) is 10.9 Å². The van der Waals surface area contributed by atoms with Crippen LogP contribution in [0.2, 0.25) is 0 Å². The number of H-pyrrole nitrogens is 1. The van der Waals surface area contributed by atoms with Gasteiger partial charge in [0.15, 0.2) is 5.84 Å². The number of hydrogen-bond donors (Lipinski definition) is 1. The Balaban J connectivity index is 0.858. The van der Waals surface area contributed by atoms with E-state index in [1.807, 2.05) is 34.0 Å². The number of hydrazone groups is 1. The molecule has 1 aromatic heterocycles. The number of benzene rings is 1. The number of amides is 2. The standard InChI is InChI=1S/C34H45N9O2/c1-23-18-25(32-37-39(3)22-38(32)2)6-9-29(23)41-14-16-42(17-15-41)30(44)20-40-12-10-34(21-40)11-13-43(33(34)45)26-7-8-28-27(19-26)31(36-35-28)24-4-5-24/h6-9,19,23-24H,4-5,10-18,20-22H2,1-3H3,(H,35,36)/t23?,34-/m0/s1. The summed E-state index contributed by atoms with van der Waals surface area (Å²) in [5.41, 5.74) is 5.43. The highest BCUT2D eigenvalue weighted by molar-refractivity contribution is 6.02. The molecule has 3 saturated heterocycles. The van der Waals surface area contributed by atoms with Gasteiger partial charge in [0.25, 0.3) is 0 Å². The van der Waals surface area contributed by atoms with Crippen LogP contribution in [0.4, 0.5) is 5.69 Å². The van der Waals surface area contributed by atoms with E-state index in [1.54, 1.807) is 0 Å². The maximum absolute atomic E-state index is 13.9. The van der Waals surface area contributed by atoms with Crippen LogP contribution in [0, 0.1) is 11.3 Å². The first-order valence-electron chi connectivity index (χ1n) is 16.7. The topological polar surface area (TPSA) is 94.6 Å². The molecule has 1 N–H and O–H groups in total. The minimum atomic E-state index is -0.381. The Morgan fingerprint density at radius 2 is 1.84 bits per heavy atom. The van der Waals surface area contributed by atoms with Gasteiger partial charge in [-0.3, -0.25) is 24.6 Å². The zero-order valence-electron chi connectivity index (χ0n) is 26.8. The van der Waals surface area contributed by atoms with Crippen LogP contribution >= 0.6 is 0 Å². The van der Waals surface area contributed by atoms with Gasteiger partial charge in [0.05, 0.1) is 17.5 Å². The number of likely N-dealkylation sites (N-methyl/N-ethyl adjacent to an activating group) is 1. The Hall–Kier alpha value is -3.86. The summed E-state index contributed by atoms with van der Waals surface area (Å²) in [6, 6.07) is 6.22. The molecule has 11 heteroatoms. The lowest BCUT2D eigenvalue weighted by molar-refractivity contribution is -0.134. The number of likely N-dealkylation sites (tertiary alicyclic amines) is 1. The highest BCUT2D eigenvalue weighted by atomic mass is 16.2. The van der Waals surface area contributed by atoms with Crippen molar-refractivity contribution in [1.29, 1.82) is 0 Å². The van der Waals surface area contributed by atoms with Crippen molar-refractivity contribution in [2.24, 2.45) is 16.4 Å². The number of nitrogens with zero attached hydrogens (tertiary/aromatic N) is 8. The normalized spacial score (nSPS) is 27.7. The van der Waals surface area contributed by atoms with Gasteiger partial charge in [0.1, 0.15) is 6.67 Å². The van der Waals surface area contributed by atoms with Crippen LogP contribution in [0.5, 0.6) is 0 Å². The van der Waals surface area contributed by atoms with Crippen molar-refractivity contribution in [2.75, 3.05) is 78.0 Å². The molecule has 2 aromatic rings. The summed E-state index contributed by atoms with van der Waals surface area (Å²) in [4.78, 5) is 38.2. The number of aromatic nitrogens is 2. The molecule has 5 heterocycles. The lowest BCUT2D eigenvalue weighted by Gasteiger charge is -2.40. The Morgan fingerprint density at radius 3 is 2.58 bits per heavy atom. The summed E-state index contributed by atoms with van der Waals surface area (Å²) in [7, 11) is 4.11. The van der Waals surface area contributed by atoms with Gasteiger partial charge in [-0.2, -0.15) is 10.2 Å². The minimum absolute atomic E-state index is 0.186. The largest absolute Gasteiger partial charge is 0.371 e. The molecule has 1 unspecified atom stereocenters. The third kappa shape index (κ3) is 5.09. The molecule has 2 atom stereocenters. The van der Waals surface area contributed by atoms with Crippen molar-refractivity contribution in [3.63, 3.8) is 0 Å². The van der Waals surface area contributed by atoms with Crippen LogP contribution < -0.4 is 4.90 Å². The first-order chi connectivity index (χ1) is 21.8. The quantitative estimate of drug-likeness (QED) is 0.537. The van der Waals surface area contributed by atoms with E-state index in [0.29, 0.717) is 24.9 Å². The van der Waals surface area contributed by atoms with Gasteiger partial charge in [-0.25, -0.2) is 0 Å². The summed E-state index contributed by atoms with van der Waals surface area (Å²) in [6.45, 7) is 8.92. The molecule has 1 saturated carbocycles. The van der Waals surface area contributed by atoms with E-state index in [-0.39, 0.29) is 17.2 Å². The van der Waals surface area contributed by atoms with E-state index in [4.69, 9.17) is 5.10 Å². The van der Waals surface area contributed by atoms with Gasteiger partial charge in [0.2, 0.25) is 11.8 Å². The van der Waals surface area contributed by atoms with Crippen molar-refractivity contribution in [3.05, 3.63) is 47.3 Å². The lowest BCUT2D eigenvalue weighted by Crippen LogP contribution is -2.51. The predicted molar refractivity (Wildman–Crippen MR) is 174 cm³/mol. The molecule has 1 aromatic carbocycles. The fraction of sp³-hybridized carbons (Fsp3) is 0.588. The van der Waals surface area contributed by atoms with E-state index in [1.165, 1.54) is 29.8 Å². The third-order valence-corrected chi connectivity index (χ3v) is 11.0. The van der Waals surface area contributed by atoms with Gasteiger partial charge >= 0.3 is 0 Å². The van der Waals surface area contributed by atoms with Crippen LogP contribution in [0.1, 0.15) is 50.6 Å². The summed E-state index contributed by atoms with van der Waals surface area (Å²) in [5.74, 6) is 2.47. The Morgan fingerprint density at radius 1 is 1.04 bits per heavy atom. The fourth-order valence-electron chi connectivity index (χ4n) is 8.30. The van der Waals surface area contributed by atoms with Crippen molar-refractivity contribution >= 4 is 34.2 Å². The van der Waals surface area contributed by atoms with Gasteiger partial charge in [0, 0.05) is 87.7 Å². The molecule has 238 valence electrons. The van der Waals surface area contributed by atoms with E-state index < -0.39 is 0 Å². The fourth-order valence-corrected chi connectivity index (χ4v) is 8.30. The van der Waals surface area contributed by atoms with Gasteiger partial charge < -0.3 is 19.6 Å². The third-order valence-electron chi connectivity index (χ3n) is 11.0. The Kier molecular flexibility index (Phi) is 6.92. The van der Waals surface area contributed by atoms with Crippen molar-refractivity contribution < 1.29 is 9.59 Å². The second kappa shape index (κ2) is 10.9. The molecular formula is C34H45N9O2. The monoisotopic (exact) mass is 611 g/mol. The van der Waals surface area contributed by atoms with Crippen molar-refractivity contribution in [1.82, 2.24) is 34.8 Å². The molecule has 0 bridgehead atoms. The lowest BCUT2D eigenvalue weighted by atomic mass is 9.85. The zero-order valence-corrected chi connectivity index (χ0v) is 26.8. The van der Waals surface area contributed by atoms with Crippen LogP contribution in [0.15, 0.2) is 46.7 Å². The molecular weight excluding hydrogens is 566 g/mol. The summed E-state index contributed by atoms with van der Waals surface area (Å²) in [5, 5.41) is 15.5. The molecule has 2 aliphatic carbocycles. The molecule has 4 aliphatic heterocycles. The van der Waals surface area contributed by atoms with E-state index in [2.05, 4.69) is 57.1 Å². The Bertz CT molecular complexity index is 1610. The molecule has 2 amide bonds. The second-order valence-corrected chi connectivity index (χ2v) is 14.2. The smallest absolute Gasteiger partial charge is 0.236 e. The number of fused-ring (bicyclic) bond motifs is 1. The van der Waals surface area contributed by atoms with Gasteiger partial charge in [-0.15, -0.1) is 0 Å². The molecule has 45 heavy (non-hydrogen) atoms. The number of carbonyl (C=O) groups excluding carboxylic acids is 2. The SMILES string of the molecule is CC1CC(C2=NN(C)CN2C)=CC=C1N1CCN(C(=O)CN2CC[C@]3(CCN(c4ccc5n[nH]c(C6CC6)c5c4)C3=O)C2)CC1. The predicted octanol–water partition coefficient (Wildman–Crippen LogP) is 3.01. The maximum Gasteiger partial charge on any atom is 0.236 e. The Labute approximate surface area is 265 Å². The number of allylic oxidation sites excluding steroid dienone is 3. The first kappa shape index (κ1) is 28.6. The van der Waals surface area contributed by atoms with Crippen LogP contribution in [0.3, 0.4) is 0 Å². The van der Waals surface area contributed by atoms with Crippen molar-refractivity contribution in [3.8, 4) is 0 Å². The van der Waals surface area contributed by atoms with Gasteiger partial charge in [-0.1, -0.05) is 13.0 Å². The molecule has 11 nitrogen and oxygen atoms in total. The number of anilines is 1. The average Bonchev–Trinajstić information content (AvgIpc) is 3.34. The number of piperazine rings is 1. The molecule has 1 spiro atoms. The summed E-state index contributed by atoms with van der Waals surface area (Å²) < 4.78 is 0. The maximum atomic E-state index is 13.9. The number of carbonyl (C=O) groups is 2. The number of hydrogen-bond acceptors (Lipinski definition) is 8. The van der Waals surface area contributed by atoms with E-state index in [9.17, 15) is 9.59 Å². The highest BCUT2D eigenvalue weighted by Crippen LogP contribution is 2.45. The van der Waals surface area contributed by atoms with E-state index >= 15 is 0 Å². The first-order valence-corrected chi connectivity index (χ1v) is 16.7. The minimum Gasteiger partial charge on any atom is -0.371 e. The van der Waals surface area contributed by atoms with Crippen molar-refractivity contribution in [2.45, 2.75) is 44.9 Å². The van der Waals surface area contributed by atoms with E-state index in [0.717, 1.165) is 87.6 Å². The molecule has 0 radical (unpaired) electrons. The highest BCUT2D eigenvalue weighted by Gasteiger charge is 2.51. The summed E-state index contributed by atoms with van der Waals surface area (Å²) in [6.07, 6.45) is 9.57. The van der Waals surface area contributed by atoms with Crippen LogP contribution in [-0.2, 0) is 9.59 Å². The average molecular weight is 612 g/mol. The second-order valence-electron chi connectivity index (χ2n) is 14.2.